The fraction of sp³-hybridized carbons (Fsp3) is 0.143. The summed E-state index contributed by atoms with van der Waals surface area (Å²) < 4.78 is 10.5. The number of benzene rings is 1. The summed E-state index contributed by atoms with van der Waals surface area (Å²) in [4.78, 5) is 12.5. The Labute approximate surface area is 119 Å². The summed E-state index contributed by atoms with van der Waals surface area (Å²) in [6.45, 7) is 2.14. The molecule has 0 bridgehead atoms. The van der Waals surface area contributed by atoms with Crippen LogP contribution in [0, 0.1) is 6.92 Å². The van der Waals surface area contributed by atoms with E-state index in [2.05, 4.69) is 10.5 Å². The number of nitrogens with one attached hydrogen (secondary N) is 1. The molecule has 1 amide bonds. The maximum absolute atomic E-state index is 11.8. The van der Waals surface area contributed by atoms with E-state index >= 15 is 0 Å². The van der Waals surface area contributed by atoms with Crippen molar-refractivity contribution in [2.45, 2.75) is 6.92 Å². The van der Waals surface area contributed by atoms with E-state index in [-0.39, 0.29) is 12.7 Å². The van der Waals surface area contributed by atoms with Gasteiger partial charge in [0.2, 0.25) is 6.79 Å². The van der Waals surface area contributed by atoms with Gasteiger partial charge in [-0.3, -0.25) is 4.79 Å². The second-order valence-corrected chi connectivity index (χ2v) is 5.16. The van der Waals surface area contributed by atoms with Crippen LogP contribution >= 0.6 is 11.3 Å². The van der Waals surface area contributed by atoms with Gasteiger partial charge >= 0.3 is 0 Å². The van der Waals surface area contributed by atoms with Crippen LogP contribution in [0.15, 0.2) is 34.7 Å². The zero-order chi connectivity index (χ0) is 13.9. The molecule has 1 aliphatic rings. The number of hydrazone groups is 1. The predicted octanol–water partition coefficient (Wildman–Crippen LogP) is 2.55. The lowest BCUT2D eigenvalue weighted by atomic mass is 10.2. The van der Waals surface area contributed by atoms with Crippen molar-refractivity contribution < 1.29 is 14.3 Å². The minimum absolute atomic E-state index is 0.200. The Morgan fingerprint density at radius 2 is 2.20 bits per heavy atom. The van der Waals surface area contributed by atoms with E-state index in [4.69, 9.17) is 9.47 Å². The van der Waals surface area contributed by atoms with Gasteiger partial charge in [0.05, 0.1) is 11.1 Å². The van der Waals surface area contributed by atoms with Gasteiger partial charge in [-0.05, 0) is 47.7 Å². The molecule has 102 valence electrons. The summed E-state index contributed by atoms with van der Waals surface area (Å²) in [6.07, 6.45) is 1.57. The van der Waals surface area contributed by atoms with Gasteiger partial charge in [0.1, 0.15) is 0 Å². The van der Waals surface area contributed by atoms with Crippen LogP contribution in [0.25, 0.3) is 0 Å². The van der Waals surface area contributed by atoms with Gasteiger partial charge in [-0.1, -0.05) is 0 Å². The summed E-state index contributed by atoms with van der Waals surface area (Å²) in [5.41, 5.74) is 4.29. The van der Waals surface area contributed by atoms with E-state index in [1.807, 2.05) is 36.6 Å². The Bertz CT molecular complexity index is 679. The Balaban J connectivity index is 1.66. The minimum Gasteiger partial charge on any atom is -0.454 e. The quantitative estimate of drug-likeness (QED) is 0.697. The molecule has 0 radical (unpaired) electrons. The molecule has 0 aliphatic carbocycles. The zero-order valence-electron chi connectivity index (χ0n) is 10.8. The average molecular weight is 288 g/mol. The highest BCUT2D eigenvalue weighted by Crippen LogP contribution is 2.31. The number of thiophene rings is 1. The molecule has 6 heteroatoms. The third kappa shape index (κ3) is 2.50. The van der Waals surface area contributed by atoms with Crippen molar-refractivity contribution in [2.75, 3.05) is 6.79 Å². The van der Waals surface area contributed by atoms with Crippen molar-refractivity contribution in [2.24, 2.45) is 5.10 Å². The van der Waals surface area contributed by atoms with E-state index < -0.39 is 0 Å². The van der Waals surface area contributed by atoms with Crippen LogP contribution in [0.2, 0.25) is 0 Å². The van der Waals surface area contributed by atoms with Crippen molar-refractivity contribution in [1.82, 2.24) is 5.43 Å². The topological polar surface area (TPSA) is 59.9 Å². The third-order valence-electron chi connectivity index (χ3n) is 2.84. The molecule has 5 nitrogen and oxygen atoms in total. The molecule has 1 aliphatic heterocycles. The number of nitrogens with zero attached hydrogens (tertiary/aromatic N) is 1. The minimum atomic E-state index is -0.200. The van der Waals surface area contributed by atoms with E-state index in [1.54, 1.807) is 6.21 Å². The van der Waals surface area contributed by atoms with Gasteiger partial charge < -0.3 is 9.47 Å². The van der Waals surface area contributed by atoms with E-state index in [9.17, 15) is 4.79 Å². The monoisotopic (exact) mass is 288 g/mol. The molecular weight excluding hydrogens is 276 g/mol. The number of rotatable bonds is 3. The first-order chi connectivity index (χ1) is 9.74. The average Bonchev–Trinajstić information content (AvgIpc) is 3.06. The number of fused-ring (bicyclic) bond motifs is 1. The summed E-state index contributed by atoms with van der Waals surface area (Å²) in [5.74, 6) is 1.21. The second kappa shape index (κ2) is 5.34. The molecule has 2 heterocycles. The molecule has 1 aromatic carbocycles. The molecule has 1 aromatic heterocycles. The van der Waals surface area contributed by atoms with Crippen molar-refractivity contribution in [1.29, 1.82) is 0 Å². The highest BCUT2D eigenvalue weighted by molar-refractivity contribution is 7.12. The van der Waals surface area contributed by atoms with Crippen LogP contribution in [0.3, 0.4) is 0 Å². The highest BCUT2D eigenvalue weighted by Gasteiger charge is 2.12. The number of hydrogen-bond donors (Lipinski definition) is 1. The molecular formula is C14H12N2O3S. The number of carbonyl (C=O) groups is 1. The largest absolute Gasteiger partial charge is 0.454 e. The fourth-order valence-corrected chi connectivity index (χ4v) is 2.63. The van der Waals surface area contributed by atoms with E-state index in [0.717, 1.165) is 16.9 Å². The molecule has 1 N–H and O–H groups in total. The first-order valence-corrected chi connectivity index (χ1v) is 6.89. The molecule has 0 fully saturated rings. The molecule has 0 saturated carbocycles. The first kappa shape index (κ1) is 12.7. The Morgan fingerprint density at radius 1 is 1.35 bits per heavy atom. The maximum atomic E-state index is 11.8. The highest BCUT2D eigenvalue weighted by atomic mass is 32.1. The number of aryl methyl sites for hydroxylation is 1. The second-order valence-electron chi connectivity index (χ2n) is 4.24. The number of hydrogen-bond acceptors (Lipinski definition) is 5. The smallest absolute Gasteiger partial charge is 0.281 e. The normalized spacial score (nSPS) is 12.8. The van der Waals surface area contributed by atoms with Crippen molar-refractivity contribution >= 4 is 23.5 Å². The summed E-state index contributed by atoms with van der Waals surface area (Å²) in [5, 5.41) is 5.83. The van der Waals surface area contributed by atoms with Crippen LogP contribution in [0.5, 0.6) is 11.5 Å². The number of carbonyl (C=O) groups excluding carboxylic acids is 1. The summed E-state index contributed by atoms with van der Waals surface area (Å²) >= 11 is 1.40. The van der Waals surface area contributed by atoms with Crippen LogP contribution in [-0.2, 0) is 0 Å². The summed E-state index contributed by atoms with van der Waals surface area (Å²) in [7, 11) is 0. The lowest BCUT2D eigenvalue weighted by Gasteiger charge is -1.99. The van der Waals surface area contributed by atoms with Crippen molar-refractivity contribution in [3.8, 4) is 11.5 Å². The van der Waals surface area contributed by atoms with Crippen LogP contribution < -0.4 is 14.9 Å². The molecule has 0 atom stereocenters. The van der Waals surface area contributed by atoms with E-state index in [0.29, 0.717) is 10.6 Å². The number of amides is 1. The first-order valence-electron chi connectivity index (χ1n) is 6.01. The van der Waals surface area contributed by atoms with E-state index in [1.165, 1.54) is 11.3 Å². The van der Waals surface area contributed by atoms with Gasteiger partial charge in [-0.2, -0.15) is 5.10 Å². The van der Waals surface area contributed by atoms with Gasteiger partial charge in [-0.15, -0.1) is 11.3 Å². The van der Waals surface area contributed by atoms with Gasteiger partial charge in [0.25, 0.3) is 5.91 Å². The predicted molar refractivity (Wildman–Crippen MR) is 76.7 cm³/mol. The Hall–Kier alpha value is -2.34. The van der Waals surface area contributed by atoms with Crippen LogP contribution in [0.1, 0.15) is 20.8 Å². The third-order valence-corrected chi connectivity index (χ3v) is 3.86. The van der Waals surface area contributed by atoms with Gasteiger partial charge in [0.15, 0.2) is 11.5 Å². The van der Waals surface area contributed by atoms with Gasteiger partial charge in [0, 0.05) is 0 Å². The Morgan fingerprint density at radius 3 is 3.00 bits per heavy atom. The molecule has 2 aromatic rings. The lowest BCUT2D eigenvalue weighted by Crippen LogP contribution is -2.17. The molecule has 3 rings (SSSR count). The van der Waals surface area contributed by atoms with Crippen LogP contribution in [0.4, 0.5) is 0 Å². The lowest BCUT2D eigenvalue weighted by molar-refractivity contribution is 0.0958. The molecule has 0 unspecified atom stereocenters. The Kier molecular flexibility index (Phi) is 3.39. The van der Waals surface area contributed by atoms with Crippen molar-refractivity contribution in [3.63, 3.8) is 0 Å². The number of ether oxygens (including phenoxy) is 2. The molecule has 0 saturated heterocycles. The molecule has 0 spiro atoms. The summed E-state index contributed by atoms with van der Waals surface area (Å²) in [6, 6.07) is 7.38. The van der Waals surface area contributed by atoms with Gasteiger partial charge in [-0.25, -0.2) is 5.43 Å². The SMILES string of the molecule is Cc1ccsc1C(=O)NN=Cc1ccc2c(c1)OCO2. The molecule has 20 heavy (non-hydrogen) atoms. The zero-order valence-corrected chi connectivity index (χ0v) is 11.6. The van der Waals surface area contributed by atoms with Crippen LogP contribution in [-0.4, -0.2) is 18.9 Å². The van der Waals surface area contributed by atoms with Crippen molar-refractivity contribution in [3.05, 3.63) is 45.6 Å². The maximum Gasteiger partial charge on any atom is 0.281 e. The fourth-order valence-electron chi connectivity index (χ4n) is 1.81. The standard InChI is InChI=1S/C14H12N2O3S/c1-9-4-5-20-13(9)14(17)16-15-7-10-2-3-11-12(6-10)19-8-18-11/h2-7H,8H2,1H3,(H,16,17).